The Kier molecular flexibility index (Phi) is 3.23. The topological polar surface area (TPSA) is 59.8 Å². The van der Waals surface area contributed by atoms with Gasteiger partial charge < -0.3 is 5.32 Å². The van der Waals surface area contributed by atoms with Gasteiger partial charge in [-0.1, -0.05) is 18.1 Å². The molecule has 0 spiro atoms. The third-order valence-electron chi connectivity index (χ3n) is 4.20. The molecule has 5 nitrogen and oxygen atoms in total. The summed E-state index contributed by atoms with van der Waals surface area (Å²) >= 11 is 3.30. The number of Topliss-reactive ketones (excluding diaryl/α,β-unsaturated/α-hetero) is 1. The highest BCUT2D eigenvalue weighted by atomic mass is 79.9. The first kappa shape index (κ1) is 12.3. The SMILES string of the molecule is Cn1nnc(Br)c1C(=O)C1CC2CCCCC2N1. The first-order chi connectivity index (χ1) is 8.66. The van der Waals surface area contributed by atoms with Crippen molar-refractivity contribution in [2.24, 2.45) is 13.0 Å². The monoisotopic (exact) mass is 312 g/mol. The van der Waals surface area contributed by atoms with Crippen LogP contribution in [0.15, 0.2) is 4.60 Å². The lowest BCUT2D eigenvalue weighted by molar-refractivity contribution is 0.0939. The molecule has 0 amide bonds. The van der Waals surface area contributed by atoms with Crippen molar-refractivity contribution in [3.63, 3.8) is 0 Å². The molecule has 0 aromatic carbocycles. The molecule has 1 aliphatic carbocycles. The van der Waals surface area contributed by atoms with Crippen molar-refractivity contribution in [1.82, 2.24) is 20.3 Å². The molecule has 1 aromatic heterocycles. The number of carbonyl (C=O) groups excluding carboxylic acids is 1. The summed E-state index contributed by atoms with van der Waals surface area (Å²) in [5.41, 5.74) is 0.575. The number of rotatable bonds is 2. The van der Waals surface area contributed by atoms with E-state index in [1.165, 1.54) is 25.7 Å². The summed E-state index contributed by atoms with van der Waals surface area (Å²) in [6.07, 6.45) is 6.01. The Bertz CT molecular complexity index is 439. The van der Waals surface area contributed by atoms with E-state index < -0.39 is 0 Å². The predicted octanol–water partition coefficient (Wildman–Crippen LogP) is 1.68. The van der Waals surface area contributed by atoms with Gasteiger partial charge >= 0.3 is 0 Å². The van der Waals surface area contributed by atoms with Crippen LogP contribution in [0.3, 0.4) is 0 Å². The van der Waals surface area contributed by atoms with E-state index in [-0.39, 0.29) is 11.8 Å². The Hall–Kier alpha value is -0.750. The molecule has 3 rings (SSSR count). The predicted molar refractivity (Wildman–Crippen MR) is 70.3 cm³/mol. The summed E-state index contributed by atoms with van der Waals surface area (Å²) in [4.78, 5) is 12.5. The fourth-order valence-corrected chi connectivity index (χ4v) is 3.80. The molecule has 18 heavy (non-hydrogen) atoms. The van der Waals surface area contributed by atoms with Gasteiger partial charge in [0.15, 0.2) is 4.60 Å². The Labute approximate surface area is 114 Å². The molecule has 2 fully saturated rings. The number of halogens is 1. The summed E-state index contributed by atoms with van der Waals surface area (Å²) in [5, 5.41) is 11.2. The fourth-order valence-electron chi connectivity index (χ4n) is 3.28. The van der Waals surface area contributed by atoms with Gasteiger partial charge in [0.25, 0.3) is 0 Å². The molecule has 2 aliphatic rings. The van der Waals surface area contributed by atoms with E-state index in [2.05, 4.69) is 31.6 Å². The van der Waals surface area contributed by atoms with Crippen LogP contribution in [0.4, 0.5) is 0 Å². The van der Waals surface area contributed by atoms with Crippen molar-refractivity contribution >= 4 is 21.7 Å². The van der Waals surface area contributed by atoms with E-state index in [4.69, 9.17) is 0 Å². The molecular formula is C12H17BrN4O. The summed E-state index contributed by atoms with van der Waals surface area (Å²) in [7, 11) is 1.76. The molecule has 1 aliphatic heterocycles. The third-order valence-corrected chi connectivity index (χ3v) is 4.73. The number of nitrogens with zero attached hydrogens (tertiary/aromatic N) is 3. The van der Waals surface area contributed by atoms with Gasteiger partial charge in [-0.15, -0.1) is 5.10 Å². The molecule has 3 atom stereocenters. The number of nitrogens with one attached hydrogen (secondary N) is 1. The van der Waals surface area contributed by atoms with Crippen LogP contribution in [0.5, 0.6) is 0 Å². The van der Waals surface area contributed by atoms with Crippen LogP contribution in [0.1, 0.15) is 42.6 Å². The Morgan fingerprint density at radius 2 is 2.22 bits per heavy atom. The lowest BCUT2D eigenvalue weighted by atomic mass is 9.85. The third kappa shape index (κ3) is 2.01. The molecule has 3 unspecified atom stereocenters. The molecule has 1 N–H and O–H groups in total. The van der Waals surface area contributed by atoms with E-state index in [9.17, 15) is 4.79 Å². The molecule has 1 saturated carbocycles. The average Bonchev–Trinajstić information content (AvgIpc) is 2.92. The lowest BCUT2D eigenvalue weighted by Crippen LogP contribution is -2.37. The first-order valence-electron chi connectivity index (χ1n) is 6.52. The zero-order valence-electron chi connectivity index (χ0n) is 10.4. The van der Waals surface area contributed by atoms with E-state index in [0.29, 0.717) is 22.3 Å². The maximum atomic E-state index is 12.5. The van der Waals surface area contributed by atoms with Gasteiger partial charge in [-0.2, -0.15) is 0 Å². The highest BCUT2D eigenvalue weighted by Gasteiger charge is 2.39. The minimum absolute atomic E-state index is 0.0633. The molecule has 0 radical (unpaired) electrons. The van der Waals surface area contributed by atoms with Gasteiger partial charge in [-0.05, 0) is 41.1 Å². The van der Waals surface area contributed by atoms with E-state index in [1.54, 1.807) is 11.7 Å². The van der Waals surface area contributed by atoms with Gasteiger partial charge in [-0.3, -0.25) is 4.79 Å². The fraction of sp³-hybridized carbons (Fsp3) is 0.750. The highest BCUT2D eigenvalue weighted by Crippen LogP contribution is 2.34. The standard InChI is InChI=1S/C12H17BrN4O/c1-17-10(12(13)15-16-17)11(18)9-6-7-4-2-3-5-8(7)14-9/h7-9,14H,2-6H2,1H3. The average molecular weight is 313 g/mol. The maximum Gasteiger partial charge on any atom is 0.200 e. The maximum absolute atomic E-state index is 12.5. The van der Waals surface area contributed by atoms with Gasteiger partial charge in [0.05, 0.1) is 6.04 Å². The number of fused-ring (bicyclic) bond motifs is 1. The quantitative estimate of drug-likeness (QED) is 0.844. The molecule has 98 valence electrons. The van der Waals surface area contributed by atoms with Crippen molar-refractivity contribution in [2.75, 3.05) is 0 Å². The first-order valence-corrected chi connectivity index (χ1v) is 7.31. The van der Waals surface area contributed by atoms with Crippen LogP contribution in [-0.2, 0) is 7.05 Å². The number of hydrogen-bond acceptors (Lipinski definition) is 4. The number of hydrogen-bond donors (Lipinski definition) is 1. The van der Waals surface area contributed by atoms with Gasteiger partial charge in [0, 0.05) is 13.1 Å². The molecule has 2 heterocycles. The number of ketones is 1. The molecule has 0 bridgehead atoms. The second-order valence-electron chi connectivity index (χ2n) is 5.32. The van der Waals surface area contributed by atoms with Crippen molar-refractivity contribution in [2.45, 2.75) is 44.2 Å². The molecular weight excluding hydrogens is 296 g/mol. The van der Waals surface area contributed by atoms with Crippen LogP contribution >= 0.6 is 15.9 Å². The Morgan fingerprint density at radius 1 is 1.44 bits per heavy atom. The second kappa shape index (κ2) is 4.74. The summed E-state index contributed by atoms with van der Waals surface area (Å²) in [5.74, 6) is 0.788. The Balaban J connectivity index is 1.78. The van der Waals surface area contributed by atoms with Gasteiger partial charge in [0.1, 0.15) is 5.69 Å². The second-order valence-corrected chi connectivity index (χ2v) is 6.07. The smallest absolute Gasteiger partial charge is 0.200 e. The van der Waals surface area contributed by atoms with Crippen molar-refractivity contribution in [3.8, 4) is 0 Å². The van der Waals surface area contributed by atoms with Crippen LogP contribution in [0.2, 0.25) is 0 Å². The normalized spacial score (nSPS) is 31.3. The lowest BCUT2D eigenvalue weighted by Gasteiger charge is -2.24. The number of aryl methyl sites for hydroxylation is 1. The van der Waals surface area contributed by atoms with Crippen LogP contribution in [-0.4, -0.2) is 32.9 Å². The minimum Gasteiger partial charge on any atom is -0.304 e. The molecule has 1 saturated heterocycles. The number of carbonyl (C=O) groups is 1. The van der Waals surface area contributed by atoms with Crippen molar-refractivity contribution < 1.29 is 4.79 Å². The molecule has 1 aromatic rings. The van der Waals surface area contributed by atoms with E-state index in [1.807, 2.05) is 0 Å². The summed E-state index contributed by atoms with van der Waals surface area (Å²) < 4.78 is 2.10. The molecule has 6 heteroatoms. The van der Waals surface area contributed by atoms with Gasteiger partial charge in [0.2, 0.25) is 5.78 Å². The minimum atomic E-state index is -0.0633. The Morgan fingerprint density at radius 3 is 2.89 bits per heavy atom. The van der Waals surface area contributed by atoms with E-state index in [0.717, 1.165) is 6.42 Å². The van der Waals surface area contributed by atoms with Crippen molar-refractivity contribution in [1.29, 1.82) is 0 Å². The number of aromatic nitrogens is 3. The summed E-state index contributed by atoms with van der Waals surface area (Å²) in [6.45, 7) is 0. The zero-order chi connectivity index (χ0) is 12.7. The van der Waals surface area contributed by atoms with Crippen molar-refractivity contribution in [3.05, 3.63) is 10.3 Å². The van der Waals surface area contributed by atoms with Crippen LogP contribution in [0.25, 0.3) is 0 Å². The highest BCUT2D eigenvalue weighted by molar-refractivity contribution is 9.10. The van der Waals surface area contributed by atoms with Crippen LogP contribution in [0, 0.1) is 5.92 Å². The van der Waals surface area contributed by atoms with Crippen LogP contribution < -0.4 is 5.32 Å². The summed E-state index contributed by atoms with van der Waals surface area (Å²) in [6, 6.07) is 0.472. The largest absolute Gasteiger partial charge is 0.304 e. The van der Waals surface area contributed by atoms with Gasteiger partial charge in [-0.25, -0.2) is 4.68 Å². The zero-order valence-corrected chi connectivity index (χ0v) is 12.0. The van der Waals surface area contributed by atoms with E-state index >= 15 is 0 Å².